The van der Waals surface area contributed by atoms with E-state index in [9.17, 15) is 10.2 Å². The molecule has 4 heteroatoms. The number of aliphatic hydroxyl groups is 1. The van der Waals surface area contributed by atoms with Gasteiger partial charge in [0.25, 0.3) is 0 Å². The quantitative estimate of drug-likeness (QED) is 0.688. The second-order valence-electron chi connectivity index (χ2n) is 6.43. The second-order valence-corrected chi connectivity index (χ2v) is 6.43. The van der Waals surface area contributed by atoms with E-state index < -0.39 is 0 Å². The van der Waals surface area contributed by atoms with E-state index in [1.54, 1.807) is 18.5 Å². The van der Waals surface area contributed by atoms with Crippen molar-refractivity contribution < 1.29 is 10.2 Å². The summed E-state index contributed by atoms with van der Waals surface area (Å²) >= 11 is 0. The Balaban J connectivity index is 1.74. The number of imidazole rings is 1. The van der Waals surface area contributed by atoms with Gasteiger partial charge in [0, 0.05) is 11.9 Å². The Kier molecular flexibility index (Phi) is 3.82. The Hall–Kier alpha value is -2.59. The van der Waals surface area contributed by atoms with Gasteiger partial charge < -0.3 is 15.2 Å². The predicted molar refractivity (Wildman–Crippen MR) is 92.8 cm³/mol. The normalized spacial score (nSPS) is 16.3. The molecule has 24 heavy (non-hydrogen) atoms. The molecule has 1 aromatic heterocycles. The Morgan fingerprint density at radius 2 is 2.00 bits per heavy atom. The van der Waals surface area contributed by atoms with Crippen molar-refractivity contribution in [1.82, 2.24) is 9.97 Å². The van der Waals surface area contributed by atoms with E-state index in [4.69, 9.17) is 0 Å². The molecular weight excluding hydrogens is 300 g/mol. The molecule has 0 spiro atoms. The van der Waals surface area contributed by atoms with Crippen molar-refractivity contribution in [3.63, 3.8) is 0 Å². The highest BCUT2D eigenvalue weighted by molar-refractivity contribution is 5.70. The van der Waals surface area contributed by atoms with Crippen LogP contribution in [0.3, 0.4) is 0 Å². The second kappa shape index (κ2) is 6.13. The molecule has 2 aromatic carbocycles. The highest BCUT2D eigenvalue weighted by Gasteiger charge is 2.25. The average Bonchev–Trinajstić information content (AvgIpc) is 3.25. The molecule has 1 unspecified atom stereocenters. The minimum Gasteiger partial charge on any atom is -0.508 e. The van der Waals surface area contributed by atoms with Crippen LogP contribution in [-0.2, 0) is 19.4 Å². The number of phenols is 1. The summed E-state index contributed by atoms with van der Waals surface area (Å²) in [5.74, 6) is 0.728. The molecule has 1 atom stereocenters. The first-order valence-electron chi connectivity index (χ1n) is 8.28. The minimum atomic E-state index is 0.0225. The van der Waals surface area contributed by atoms with Crippen LogP contribution in [0, 0.1) is 0 Å². The first-order chi connectivity index (χ1) is 11.7. The van der Waals surface area contributed by atoms with Crippen LogP contribution in [-0.4, -0.2) is 20.2 Å². The number of aliphatic hydroxyl groups excluding tert-OH is 1. The average molecular weight is 320 g/mol. The highest BCUT2D eigenvalue weighted by atomic mass is 16.3. The van der Waals surface area contributed by atoms with Gasteiger partial charge in [-0.15, -0.1) is 0 Å². The number of phenolic OH excluding ortho intramolecular Hbond substituents is 1. The maximum absolute atomic E-state index is 9.78. The van der Waals surface area contributed by atoms with E-state index in [1.807, 2.05) is 18.3 Å². The van der Waals surface area contributed by atoms with Gasteiger partial charge in [0.05, 0.1) is 12.9 Å². The zero-order valence-corrected chi connectivity index (χ0v) is 13.4. The third kappa shape index (κ3) is 2.69. The van der Waals surface area contributed by atoms with E-state index in [-0.39, 0.29) is 12.4 Å². The molecule has 0 aliphatic heterocycles. The van der Waals surface area contributed by atoms with Crippen LogP contribution < -0.4 is 0 Å². The molecule has 4 nitrogen and oxygen atoms in total. The molecule has 122 valence electrons. The number of aryl methyl sites for hydroxylation is 1. The number of nitrogens with one attached hydrogen (secondary N) is 1. The maximum atomic E-state index is 9.78. The summed E-state index contributed by atoms with van der Waals surface area (Å²) in [5.41, 5.74) is 6.88. The van der Waals surface area contributed by atoms with Crippen molar-refractivity contribution in [2.75, 3.05) is 0 Å². The van der Waals surface area contributed by atoms with Gasteiger partial charge in [-0.1, -0.05) is 24.3 Å². The molecule has 0 fully saturated rings. The number of H-pyrrole nitrogens is 1. The zero-order chi connectivity index (χ0) is 16.5. The van der Waals surface area contributed by atoms with Crippen molar-refractivity contribution in [2.45, 2.75) is 31.8 Å². The molecule has 0 bridgehead atoms. The van der Waals surface area contributed by atoms with Crippen LogP contribution in [0.4, 0.5) is 0 Å². The summed E-state index contributed by atoms with van der Waals surface area (Å²) in [7, 11) is 0. The van der Waals surface area contributed by atoms with E-state index >= 15 is 0 Å². The minimum absolute atomic E-state index is 0.0225. The Labute approximate surface area is 140 Å². The summed E-state index contributed by atoms with van der Waals surface area (Å²) in [6.45, 7) is 0.0225. The smallest absolute Gasteiger partial charge is 0.115 e. The third-order valence-electron chi connectivity index (χ3n) is 4.94. The van der Waals surface area contributed by atoms with Gasteiger partial charge >= 0.3 is 0 Å². The van der Waals surface area contributed by atoms with Gasteiger partial charge in [0.15, 0.2) is 0 Å². The van der Waals surface area contributed by atoms with Crippen LogP contribution in [0.25, 0.3) is 11.1 Å². The van der Waals surface area contributed by atoms with E-state index in [0.717, 1.165) is 41.6 Å². The van der Waals surface area contributed by atoms with Crippen LogP contribution in [0.5, 0.6) is 5.75 Å². The molecule has 0 amide bonds. The molecule has 1 heterocycles. The number of hydrogen-bond donors (Lipinski definition) is 3. The van der Waals surface area contributed by atoms with Gasteiger partial charge in [0.2, 0.25) is 0 Å². The lowest BCUT2D eigenvalue weighted by Gasteiger charge is -2.15. The lowest BCUT2D eigenvalue weighted by atomic mass is 9.90. The number of rotatable bonds is 4. The summed E-state index contributed by atoms with van der Waals surface area (Å²) in [5, 5.41) is 19.3. The van der Waals surface area contributed by atoms with Gasteiger partial charge in [-0.25, -0.2) is 4.98 Å². The third-order valence-corrected chi connectivity index (χ3v) is 4.94. The maximum Gasteiger partial charge on any atom is 0.115 e. The summed E-state index contributed by atoms with van der Waals surface area (Å²) in [6, 6.07) is 11.5. The molecule has 1 aliphatic carbocycles. The molecule has 1 aliphatic rings. The monoisotopic (exact) mass is 320 g/mol. The van der Waals surface area contributed by atoms with Crippen LogP contribution in [0.1, 0.15) is 34.7 Å². The lowest BCUT2D eigenvalue weighted by Crippen LogP contribution is -2.01. The summed E-state index contributed by atoms with van der Waals surface area (Å²) in [4.78, 5) is 7.30. The number of benzene rings is 2. The first-order valence-corrected chi connectivity index (χ1v) is 8.28. The van der Waals surface area contributed by atoms with Gasteiger partial charge in [0.1, 0.15) is 5.75 Å². The molecule has 0 radical (unpaired) electrons. The van der Waals surface area contributed by atoms with Crippen molar-refractivity contribution >= 4 is 0 Å². The van der Waals surface area contributed by atoms with Gasteiger partial charge in [-0.2, -0.15) is 0 Å². The highest BCUT2D eigenvalue weighted by Crippen LogP contribution is 2.39. The fourth-order valence-electron chi connectivity index (χ4n) is 3.71. The molecule has 0 saturated carbocycles. The fourth-order valence-corrected chi connectivity index (χ4v) is 3.71. The number of nitrogens with zero attached hydrogens (tertiary/aromatic N) is 1. The van der Waals surface area contributed by atoms with E-state index in [1.165, 1.54) is 11.1 Å². The van der Waals surface area contributed by atoms with Crippen molar-refractivity contribution in [3.8, 4) is 16.9 Å². The summed E-state index contributed by atoms with van der Waals surface area (Å²) in [6.07, 6.45) is 6.75. The fraction of sp³-hybridized carbons (Fsp3) is 0.250. The van der Waals surface area contributed by atoms with Crippen molar-refractivity contribution in [2.24, 2.45) is 0 Å². The van der Waals surface area contributed by atoms with E-state index in [0.29, 0.717) is 5.92 Å². The number of hydrogen-bond acceptors (Lipinski definition) is 3. The number of aromatic hydroxyl groups is 1. The Morgan fingerprint density at radius 1 is 1.17 bits per heavy atom. The molecule has 3 N–H and O–H groups in total. The topological polar surface area (TPSA) is 69.1 Å². The molecule has 3 aromatic rings. The number of aromatic nitrogens is 2. The predicted octanol–water partition coefficient (Wildman–Crippen LogP) is 3.55. The standard InChI is InChI=1S/C20H20N2O2/c23-11-16-7-14-1-2-15(8-17-10-21-12-22-17)20(14)9-19(16)13-3-5-18(24)6-4-13/h3-7,9-10,12,15,23-24H,1-2,8,11H2,(H,21,22). The van der Waals surface area contributed by atoms with Crippen LogP contribution >= 0.6 is 0 Å². The molecule has 0 saturated heterocycles. The van der Waals surface area contributed by atoms with Gasteiger partial charge in [-0.05, 0) is 65.1 Å². The van der Waals surface area contributed by atoms with Crippen molar-refractivity contribution in [3.05, 3.63) is 71.3 Å². The zero-order valence-electron chi connectivity index (χ0n) is 13.4. The number of fused-ring (bicyclic) bond motifs is 1. The molecule has 4 rings (SSSR count). The van der Waals surface area contributed by atoms with Gasteiger partial charge in [-0.3, -0.25) is 0 Å². The Morgan fingerprint density at radius 3 is 2.71 bits per heavy atom. The summed E-state index contributed by atoms with van der Waals surface area (Å²) < 4.78 is 0. The van der Waals surface area contributed by atoms with E-state index in [2.05, 4.69) is 22.1 Å². The van der Waals surface area contributed by atoms with Crippen LogP contribution in [0.2, 0.25) is 0 Å². The number of aromatic amines is 1. The Bertz CT molecular complexity index is 839. The SMILES string of the molecule is OCc1cc2c(cc1-c1ccc(O)cc1)C(Cc1cnc[nH]1)CC2. The first kappa shape index (κ1) is 15.0. The lowest BCUT2D eigenvalue weighted by molar-refractivity contribution is 0.282. The van der Waals surface area contributed by atoms with Crippen molar-refractivity contribution in [1.29, 1.82) is 0 Å². The largest absolute Gasteiger partial charge is 0.508 e. The van der Waals surface area contributed by atoms with Crippen LogP contribution in [0.15, 0.2) is 48.9 Å². The molecular formula is C20H20N2O2.